The monoisotopic (exact) mass is 446 g/mol. The van der Waals surface area contributed by atoms with Gasteiger partial charge in [-0.2, -0.15) is 4.31 Å². The molecule has 1 saturated heterocycles. The van der Waals surface area contributed by atoms with Crippen molar-refractivity contribution in [3.63, 3.8) is 0 Å². The van der Waals surface area contributed by atoms with Crippen molar-refractivity contribution in [1.82, 2.24) is 9.62 Å². The molecule has 168 valence electrons. The first kappa shape index (κ1) is 20.9. The van der Waals surface area contributed by atoms with E-state index in [1.165, 1.54) is 47.8 Å². The number of ether oxygens (including phenoxy) is 1. The van der Waals surface area contributed by atoms with E-state index < -0.39 is 16.0 Å². The van der Waals surface area contributed by atoms with Gasteiger partial charge in [0, 0.05) is 18.6 Å². The van der Waals surface area contributed by atoms with Crippen molar-refractivity contribution in [2.24, 2.45) is 17.8 Å². The molecule has 5 fully saturated rings. The van der Waals surface area contributed by atoms with Gasteiger partial charge < -0.3 is 10.1 Å². The number of carbonyl (C=O) groups is 2. The summed E-state index contributed by atoms with van der Waals surface area (Å²) in [7, 11) is -3.52. The minimum atomic E-state index is -3.52. The van der Waals surface area contributed by atoms with Crippen LogP contribution in [-0.2, 0) is 19.6 Å². The molecule has 0 aromatic heterocycles. The Morgan fingerprint density at radius 3 is 2.06 bits per heavy atom. The molecule has 1 amide bonds. The summed E-state index contributed by atoms with van der Waals surface area (Å²) in [6, 6.07) is 5.75. The van der Waals surface area contributed by atoms with Crippen molar-refractivity contribution in [3.8, 4) is 0 Å². The zero-order valence-corrected chi connectivity index (χ0v) is 18.5. The van der Waals surface area contributed by atoms with Gasteiger partial charge in [0.2, 0.25) is 10.0 Å². The lowest BCUT2D eigenvalue weighted by atomic mass is 9.53. The quantitative estimate of drug-likeness (QED) is 0.679. The van der Waals surface area contributed by atoms with Gasteiger partial charge in [0.1, 0.15) is 0 Å². The van der Waals surface area contributed by atoms with Gasteiger partial charge in [0.15, 0.2) is 6.61 Å². The summed E-state index contributed by atoms with van der Waals surface area (Å²) in [5, 5.41) is 3.19. The van der Waals surface area contributed by atoms with Crippen LogP contribution in [0.2, 0.25) is 0 Å². The summed E-state index contributed by atoms with van der Waals surface area (Å²) in [5.41, 5.74) is 0.132. The highest BCUT2D eigenvalue weighted by atomic mass is 32.2. The van der Waals surface area contributed by atoms with E-state index in [1.807, 2.05) is 0 Å². The fourth-order valence-electron chi connectivity index (χ4n) is 6.65. The topological polar surface area (TPSA) is 92.8 Å². The van der Waals surface area contributed by atoms with Gasteiger partial charge in [0.05, 0.1) is 10.5 Å². The van der Waals surface area contributed by atoms with Crippen molar-refractivity contribution in [3.05, 3.63) is 29.8 Å². The first-order valence-corrected chi connectivity index (χ1v) is 12.9. The Bertz CT molecular complexity index is 931. The molecule has 5 aliphatic rings. The number of nitrogens with one attached hydrogen (secondary N) is 1. The molecule has 0 spiro atoms. The van der Waals surface area contributed by atoms with Crippen LogP contribution in [0, 0.1) is 17.8 Å². The molecule has 0 atom stereocenters. The lowest BCUT2D eigenvalue weighted by molar-refractivity contribution is -0.130. The first-order valence-electron chi connectivity index (χ1n) is 11.4. The normalized spacial score (nSPS) is 32.2. The first-order chi connectivity index (χ1) is 14.8. The van der Waals surface area contributed by atoms with Crippen LogP contribution >= 0.6 is 0 Å². The standard InChI is InChI=1S/C23H30N2O5S/c26-21(24-23-12-16-9-17(13-23)11-18(10-16)14-23)15-30-22(27)19-3-5-20(6-4-19)31(28,29)25-7-1-2-8-25/h3-6,16-18H,1-2,7-15H2,(H,24,26). The highest BCUT2D eigenvalue weighted by Crippen LogP contribution is 2.55. The number of rotatable bonds is 6. The number of amides is 1. The Hall–Kier alpha value is -1.93. The van der Waals surface area contributed by atoms with Crippen molar-refractivity contribution < 1.29 is 22.7 Å². The van der Waals surface area contributed by atoms with Gasteiger partial charge in [-0.05, 0) is 93.4 Å². The average Bonchev–Trinajstić information content (AvgIpc) is 3.26. The summed E-state index contributed by atoms with van der Waals surface area (Å²) in [5.74, 6) is 1.31. The van der Waals surface area contributed by atoms with E-state index in [0.717, 1.165) is 49.9 Å². The summed E-state index contributed by atoms with van der Waals surface area (Å²) in [6.45, 7) is 0.754. The van der Waals surface area contributed by atoms with Gasteiger partial charge in [-0.25, -0.2) is 13.2 Å². The molecule has 7 nitrogen and oxygen atoms in total. The van der Waals surface area contributed by atoms with Crippen LogP contribution in [0.25, 0.3) is 0 Å². The van der Waals surface area contributed by atoms with Crippen molar-refractivity contribution in [1.29, 1.82) is 0 Å². The molecular formula is C23H30N2O5S. The highest BCUT2D eigenvalue weighted by molar-refractivity contribution is 7.89. The number of esters is 1. The van der Waals surface area contributed by atoms with Crippen LogP contribution < -0.4 is 5.32 Å². The smallest absolute Gasteiger partial charge is 0.338 e. The fraction of sp³-hybridized carbons (Fsp3) is 0.652. The van der Waals surface area contributed by atoms with E-state index in [-0.39, 0.29) is 28.5 Å². The molecule has 0 unspecified atom stereocenters. The van der Waals surface area contributed by atoms with E-state index in [9.17, 15) is 18.0 Å². The second kappa shape index (κ2) is 7.89. The third-order valence-corrected chi connectivity index (χ3v) is 9.48. The second-order valence-corrected chi connectivity index (χ2v) is 11.9. The molecule has 6 rings (SSSR count). The van der Waals surface area contributed by atoms with Gasteiger partial charge in [-0.3, -0.25) is 4.79 Å². The number of sulfonamides is 1. The lowest BCUT2D eigenvalue weighted by Gasteiger charge is -2.56. The van der Waals surface area contributed by atoms with Crippen molar-refractivity contribution in [2.45, 2.75) is 61.8 Å². The van der Waals surface area contributed by atoms with E-state index in [0.29, 0.717) is 13.1 Å². The van der Waals surface area contributed by atoms with Gasteiger partial charge in [-0.15, -0.1) is 0 Å². The van der Waals surface area contributed by atoms with Gasteiger partial charge in [0.25, 0.3) is 5.91 Å². The molecule has 4 bridgehead atoms. The van der Waals surface area contributed by atoms with Crippen LogP contribution in [0.15, 0.2) is 29.2 Å². The summed E-state index contributed by atoms with van der Waals surface area (Å²) in [4.78, 5) is 25.1. The molecular weight excluding hydrogens is 416 g/mol. The van der Waals surface area contributed by atoms with Crippen LogP contribution in [0.4, 0.5) is 0 Å². The van der Waals surface area contributed by atoms with Crippen LogP contribution in [0.3, 0.4) is 0 Å². The zero-order chi connectivity index (χ0) is 21.6. The molecule has 8 heteroatoms. The summed E-state index contributed by atoms with van der Waals surface area (Å²) >= 11 is 0. The third-order valence-electron chi connectivity index (χ3n) is 7.57. The predicted molar refractivity (Wildman–Crippen MR) is 114 cm³/mol. The van der Waals surface area contributed by atoms with Crippen LogP contribution in [-0.4, -0.2) is 49.8 Å². The zero-order valence-electron chi connectivity index (χ0n) is 17.7. The molecule has 1 aromatic rings. The largest absolute Gasteiger partial charge is 0.452 e. The van der Waals surface area contributed by atoms with E-state index in [4.69, 9.17) is 4.74 Å². The van der Waals surface area contributed by atoms with Crippen molar-refractivity contribution >= 4 is 21.9 Å². The van der Waals surface area contributed by atoms with Crippen LogP contribution in [0.1, 0.15) is 61.7 Å². The number of hydrogen-bond acceptors (Lipinski definition) is 5. The van der Waals surface area contributed by atoms with Gasteiger partial charge >= 0.3 is 5.97 Å². The minimum Gasteiger partial charge on any atom is -0.452 e. The number of hydrogen-bond donors (Lipinski definition) is 1. The fourth-order valence-corrected chi connectivity index (χ4v) is 8.17. The maximum absolute atomic E-state index is 12.6. The van der Waals surface area contributed by atoms with Gasteiger partial charge in [-0.1, -0.05) is 0 Å². The maximum Gasteiger partial charge on any atom is 0.338 e. The Kier molecular flexibility index (Phi) is 5.33. The molecule has 1 N–H and O–H groups in total. The summed E-state index contributed by atoms with van der Waals surface area (Å²) in [6.07, 6.45) is 8.78. The lowest BCUT2D eigenvalue weighted by Crippen LogP contribution is -2.60. The number of benzene rings is 1. The molecule has 4 aliphatic carbocycles. The van der Waals surface area contributed by atoms with E-state index >= 15 is 0 Å². The molecule has 1 aromatic carbocycles. The molecule has 0 radical (unpaired) electrons. The average molecular weight is 447 g/mol. The highest BCUT2D eigenvalue weighted by Gasteiger charge is 2.51. The predicted octanol–water partition coefficient (Wildman–Crippen LogP) is 2.71. The minimum absolute atomic E-state index is 0.107. The Morgan fingerprint density at radius 1 is 0.968 bits per heavy atom. The Labute approximate surface area is 183 Å². The third kappa shape index (κ3) is 4.12. The second-order valence-electron chi connectivity index (χ2n) is 9.96. The van der Waals surface area contributed by atoms with Crippen LogP contribution in [0.5, 0.6) is 0 Å². The maximum atomic E-state index is 12.6. The molecule has 1 aliphatic heterocycles. The summed E-state index contributed by atoms with van der Waals surface area (Å²) < 4.78 is 31.9. The Morgan fingerprint density at radius 2 is 1.52 bits per heavy atom. The van der Waals surface area contributed by atoms with E-state index in [1.54, 1.807) is 0 Å². The Balaban J connectivity index is 1.16. The number of carbonyl (C=O) groups excluding carboxylic acids is 2. The molecule has 4 saturated carbocycles. The molecule has 31 heavy (non-hydrogen) atoms. The SMILES string of the molecule is O=C(COC(=O)c1ccc(S(=O)(=O)N2CCCC2)cc1)NC12CC3CC(CC(C3)C1)C2. The number of nitrogens with zero attached hydrogens (tertiary/aromatic N) is 1. The van der Waals surface area contributed by atoms with E-state index in [2.05, 4.69) is 5.32 Å². The molecule has 1 heterocycles. The van der Waals surface area contributed by atoms with Crippen molar-refractivity contribution in [2.75, 3.05) is 19.7 Å².